The number of methoxy groups -OCH3 is 4. The Hall–Kier alpha value is -3.30. The Bertz CT molecular complexity index is 854. The summed E-state index contributed by atoms with van der Waals surface area (Å²) in [6, 6.07) is 0. The van der Waals surface area contributed by atoms with E-state index in [1.165, 1.54) is 28.4 Å². The van der Waals surface area contributed by atoms with Crippen molar-refractivity contribution in [2.24, 2.45) is 16.2 Å². The van der Waals surface area contributed by atoms with Gasteiger partial charge in [-0.1, -0.05) is 32.9 Å². The third-order valence-electron chi connectivity index (χ3n) is 5.00. The van der Waals surface area contributed by atoms with Gasteiger partial charge in [-0.05, 0) is 30.9 Å². The second-order valence-corrected chi connectivity index (χ2v) is 8.70. The Morgan fingerprint density at radius 2 is 1.09 bits per heavy atom. The standard InChI is InChI=1S/C26H36O8/c1-9-10-16-25(20(27)31-5,21(28)32-6)18-13-14-19-26(22(29)33-7,23(30)34-8)17-12-11-15-24(2,3)4/h9-10,12,15H,16-19H2,1-8H3/b10-9+. The van der Waals surface area contributed by atoms with Crippen LogP contribution in [0.25, 0.3) is 0 Å². The first-order valence-electron chi connectivity index (χ1n) is 10.7. The van der Waals surface area contributed by atoms with Crippen molar-refractivity contribution in [3.8, 4) is 11.8 Å². The molecule has 0 radical (unpaired) electrons. The Morgan fingerprint density at radius 3 is 1.41 bits per heavy atom. The van der Waals surface area contributed by atoms with Crippen molar-refractivity contribution in [2.45, 2.75) is 53.4 Å². The molecule has 0 heterocycles. The average molecular weight is 477 g/mol. The van der Waals surface area contributed by atoms with Crippen LogP contribution in [0.15, 0.2) is 30.0 Å². The van der Waals surface area contributed by atoms with Crippen LogP contribution in [0.2, 0.25) is 0 Å². The molecule has 8 nitrogen and oxygen atoms in total. The minimum absolute atomic E-state index is 0.0109. The smallest absolute Gasteiger partial charge is 0.324 e. The van der Waals surface area contributed by atoms with Crippen LogP contribution < -0.4 is 0 Å². The minimum atomic E-state index is -1.74. The fourth-order valence-electron chi connectivity index (χ4n) is 3.00. The number of hydrogen-bond donors (Lipinski definition) is 0. The predicted molar refractivity (Wildman–Crippen MR) is 126 cm³/mol. The first-order valence-corrected chi connectivity index (χ1v) is 10.7. The summed E-state index contributed by atoms with van der Waals surface area (Å²) in [5.41, 5.74) is -0.589. The molecule has 0 spiro atoms. The Balaban J connectivity index is 6.27. The molecule has 0 bridgehead atoms. The molecule has 0 aliphatic carbocycles. The first-order chi connectivity index (χ1) is 15.9. The quantitative estimate of drug-likeness (QED) is 0.118. The number of carbonyl (C=O) groups excluding carboxylic acids is 4. The van der Waals surface area contributed by atoms with Crippen LogP contribution >= 0.6 is 0 Å². The Kier molecular flexibility index (Phi) is 12.7. The lowest BCUT2D eigenvalue weighted by Gasteiger charge is -2.26. The van der Waals surface area contributed by atoms with Crippen molar-refractivity contribution >= 4 is 23.9 Å². The lowest BCUT2D eigenvalue weighted by Crippen LogP contribution is -2.41. The number of esters is 4. The van der Waals surface area contributed by atoms with Gasteiger partial charge in [-0.25, -0.2) is 0 Å². The molecule has 0 saturated heterocycles. The first kappa shape index (κ1) is 30.7. The molecular formula is C26H36O8. The van der Waals surface area contributed by atoms with Crippen LogP contribution in [-0.2, 0) is 38.1 Å². The monoisotopic (exact) mass is 476 g/mol. The van der Waals surface area contributed by atoms with Gasteiger partial charge in [0.2, 0.25) is 0 Å². The van der Waals surface area contributed by atoms with Crippen molar-refractivity contribution in [3.63, 3.8) is 0 Å². The summed E-state index contributed by atoms with van der Waals surface area (Å²) >= 11 is 0. The average Bonchev–Trinajstić information content (AvgIpc) is 2.82. The molecule has 0 aliphatic rings. The third-order valence-corrected chi connectivity index (χ3v) is 5.00. The molecule has 0 rings (SSSR count). The summed E-state index contributed by atoms with van der Waals surface area (Å²) in [6.45, 7) is 7.69. The van der Waals surface area contributed by atoms with Crippen LogP contribution in [0.3, 0.4) is 0 Å². The van der Waals surface area contributed by atoms with E-state index in [-0.39, 0.29) is 31.1 Å². The van der Waals surface area contributed by atoms with E-state index in [9.17, 15) is 19.2 Å². The molecule has 0 aliphatic heterocycles. The maximum Gasteiger partial charge on any atom is 0.324 e. The maximum atomic E-state index is 12.7. The molecule has 0 amide bonds. The van der Waals surface area contributed by atoms with Crippen molar-refractivity contribution in [3.05, 3.63) is 30.0 Å². The lowest BCUT2D eigenvalue weighted by molar-refractivity contribution is -0.170. The molecule has 188 valence electrons. The van der Waals surface area contributed by atoms with E-state index in [0.29, 0.717) is 0 Å². The fourth-order valence-corrected chi connectivity index (χ4v) is 3.00. The van der Waals surface area contributed by atoms with Gasteiger partial charge in [0.25, 0.3) is 0 Å². The Morgan fingerprint density at radius 1 is 0.706 bits per heavy atom. The number of rotatable bonds is 10. The normalized spacial score (nSPS) is 11.4. The van der Waals surface area contributed by atoms with Crippen LogP contribution in [-0.4, -0.2) is 52.3 Å². The number of allylic oxidation sites excluding steroid dienone is 3. The predicted octanol–water partition coefficient (Wildman–Crippen LogP) is 3.55. The van der Waals surface area contributed by atoms with E-state index in [0.717, 1.165) is 0 Å². The molecule has 34 heavy (non-hydrogen) atoms. The second kappa shape index (κ2) is 14.1. The van der Waals surface area contributed by atoms with Gasteiger partial charge in [-0.3, -0.25) is 19.2 Å². The van der Waals surface area contributed by atoms with Crippen molar-refractivity contribution in [1.29, 1.82) is 0 Å². The summed E-state index contributed by atoms with van der Waals surface area (Å²) in [5.74, 6) is 2.28. The zero-order valence-electron chi connectivity index (χ0n) is 21.4. The highest BCUT2D eigenvalue weighted by molar-refractivity contribution is 6.01. The largest absolute Gasteiger partial charge is 0.468 e. The summed E-state index contributed by atoms with van der Waals surface area (Å²) in [7, 11) is 4.66. The molecule has 0 atom stereocenters. The summed E-state index contributed by atoms with van der Waals surface area (Å²) < 4.78 is 19.4. The van der Waals surface area contributed by atoms with Crippen LogP contribution in [0.1, 0.15) is 53.4 Å². The van der Waals surface area contributed by atoms with E-state index in [1.807, 2.05) is 20.8 Å². The molecule has 0 N–H and O–H groups in total. The summed E-state index contributed by atoms with van der Waals surface area (Å²) in [4.78, 5) is 50.3. The lowest BCUT2D eigenvalue weighted by atomic mass is 9.79. The maximum absolute atomic E-state index is 12.7. The fraction of sp³-hybridized carbons (Fsp3) is 0.577. The van der Waals surface area contributed by atoms with E-state index >= 15 is 0 Å². The van der Waals surface area contributed by atoms with Crippen molar-refractivity contribution in [1.82, 2.24) is 0 Å². The summed E-state index contributed by atoms with van der Waals surface area (Å²) in [5, 5.41) is 0. The van der Waals surface area contributed by atoms with E-state index in [1.54, 1.807) is 31.2 Å². The Labute approximate surface area is 202 Å². The highest BCUT2D eigenvalue weighted by Gasteiger charge is 2.48. The summed E-state index contributed by atoms with van der Waals surface area (Å²) in [6.07, 6.45) is 6.12. The molecule has 0 unspecified atom stereocenters. The minimum Gasteiger partial charge on any atom is -0.468 e. The van der Waals surface area contributed by atoms with E-state index in [4.69, 9.17) is 18.9 Å². The SMILES string of the molecule is C/C=C/CC(CC#CCC(CC=C=CC(C)(C)C)(C(=O)OC)C(=O)OC)(C(=O)OC)C(=O)OC. The molecule has 0 aromatic carbocycles. The van der Waals surface area contributed by atoms with Crippen LogP contribution in [0.5, 0.6) is 0 Å². The van der Waals surface area contributed by atoms with Crippen LogP contribution in [0, 0.1) is 28.1 Å². The van der Waals surface area contributed by atoms with Crippen molar-refractivity contribution in [2.75, 3.05) is 28.4 Å². The molecule has 0 aromatic heterocycles. The molecular weight excluding hydrogens is 440 g/mol. The zero-order chi connectivity index (χ0) is 26.4. The number of hydrogen-bond acceptors (Lipinski definition) is 8. The molecule has 0 saturated carbocycles. The van der Waals surface area contributed by atoms with Gasteiger partial charge in [0, 0.05) is 19.3 Å². The van der Waals surface area contributed by atoms with Gasteiger partial charge < -0.3 is 18.9 Å². The van der Waals surface area contributed by atoms with Crippen LogP contribution in [0.4, 0.5) is 0 Å². The van der Waals surface area contributed by atoms with E-state index in [2.05, 4.69) is 17.6 Å². The van der Waals surface area contributed by atoms with E-state index < -0.39 is 34.7 Å². The zero-order valence-corrected chi connectivity index (χ0v) is 21.4. The molecule has 0 aromatic rings. The number of carbonyl (C=O) groups is 4. The van der Waals surface area contributed by atoms with Gasteiger partial charge in [-0.15, -0.1) is 17.6 Å². The topological polar surface area (TPSA) is 105 Å². The number of ether oxygens (including phenoxy) is 4. The molecule has 8 heteroatoms. The van der Waals surface area contributed by atoms with Crippen molar-refractivity contribution < 1.29 is 38.1 Å². The highest BCUT2D eigenvalue weighted by atomic mass is 16.6. The molecule has 0 fully saturated rings. The third kappa shape index (κ3) is 8.24. The van der Waals surface area contributed by atoms with Gasteiger partial charge in [0.05, 0.1) is 28.4 Å². The van der Waals surface area contributed by atoms with Gasteiger partial charge >= 0.3 is 23.9 Å². The second-order valence-electron chi connectivity index (χ2n) is 8.70. The highest BCUT2D eigenvalue weighted by Crippen LogP contribution is 2.33. The van der Waals surface area contributed by atoms with Gasteiger partial charge in [-0.2, -0.15) is 0 Å². The van der Waals surface area contributed by atoms with Gasteiger partial charge in [0.1, 0.15) is 0 Å². The van der Waals surface area contributed by atoms with Gasteiger partial charge in [0.15, 0.2) is 10.8 Å².